The Balaban J connectivity index is 1.70. The Morgan fingerprint density at radius 1 is 0.947 bits per heavy atom. The summed E-state index contributed by atoms with van der Waals surface area (Å²) >= 11 is 0. The molecule has 106 valence electrons. The first-order chi connectivity index (χ1) is 9.11. The van der Waals surface area contributed by atoms with Gasteiger partial charge in [0.1, 0.15) is 5.60 Å². The third kappa shape index (κ3) is 1.71. The molecule has 5 rings (SSSR count). The van der Waals surface area contributed by atoms with Gasteiger partial charge in [-0.25, -0.2) is 0 Å². The summed E-state index contributed by atoms with van der Waals surface area (Å²) in [4.78, 5) is 11.7. The molecular weight excluding hydrogens is 236 g/mol. The van der Waals surface area contributed by atoms with Gasteiger partial charge in [-0.05, 0) is 82.0 Å². The van der Waals surface area contributed by atoms with E-state index in [2.05, 4.69) is 0 Å². The van der Waals surface area contributed by atoms with Gasteiger partial charge in [-0.3, -0.25) is 4.79 Å². The highest BCUT2D eigenvalue weighted by atomic mass is 16.6. The molecule has 0 spiro atoms. The van der Waals surface area contributed by atoms with Gasteiger partial charge in [0.05, 0.1) is 0 Å². The molecule has 0 heterocycles. The number of carbonyl (C=O) groups excluding carboxylic acids is 1. The van der Waals surface area contributed by atoms with Crippen LogP contribution < -0.4 is 0 Å². The standard InChI is InChI=1S/C17H26O2/c1-12(18)19-17(4-2-3-5-17)16-9-13-6-14(10-16)8-15(7-13)11-16/h13-15H,2-11H2,1H3. The monoisotopic (exact) mass is 262 g/mol. The first kappa shape index (κ1) is 12.2. The van der Waals surface area contributed by atoms with Crippen LogP contribution >= 0.6 is 0 Å². The third-order valence-electron chi connectivity index (χ3n) is 6.76. The van der Waals surface area contributed by atoms with E-state index < -0.39 is 0 Å². The highest BCUT2D eigenvalue weighted by Crippen LogP contribution is 2.67. The summed E-state index contributed by atoms with van der Waals surface area (Å²) in [5, 5.41) is 0. The van der Waals surface area contributed by atoms with E-state index in [-0.39, 0.29) is 11.6 Å². The quantitative estimate of drug-likeness (QED) is 0.701. The Bertz CT molecular complexity index is 357. The fraction of sp³-hybridized carbons (Fsp3) is 0.941. The maximum Gasteiger partial charge on any atom is 0.303 e. The molecule has 5 saturated carbocycles. The maximum absolute atomic E-state index is 11.7. The van der Waals surface area contributed by atoms with Crippen LogP contribution in [0.5, 0.6) is 0 Å². The minimum Gasteiger partial charge on any atom is -0.459 e. The van der Waals surface area contributed by atoms with E-state index in [1.165, 1.54) is 51.4 Å². The molecule has 2 heteroatoms. The summed E-state index contributed by atoms with van der Waals surface area (Å²) in [6, 6.07) is 0. The summed E-state index contributed by atoms with van der Waals surface area (Å²) in [7, 11) is 0. The van der Waals surface area contributed by atoms with Gasteiger partial charge < -0.3 is 4.74 Å². The zero-order chi connectivity index (χ0) is 13.1. The van der Waals surface area contributed by atoms with Gasteiger partial charge in [0.2, 0.25) is 0 Å². The van der Waals surface area contributed by atoms with Crippen molar-refractivity contribution in [1.82, 2.24) is 0 Å². The lowest BCUT2D eigenvalue weighted by atomic mass is 9.45. The van der Waals surface area contributed by atoms with Crippen molar-refractivity contribution >= 4 is 5.97 Å². The Labute approximate surface area is 116 Å². The zero-order valence-electron chi connectivity index (χ0n) is 12.1. The second-order valence-corrected chi connectivity index (χ2v) is 7.99. The predicted octanol–water partition coefficient (Wildman–Crippen LogP) is 4.08. The number of ether oxygens (including phenoxy) is 1. The molecule has 0 N–H and O–H groups in total. The lowest BCUT2D eigenvalue weighted by molar-refractivity contribution is -0.206. The van der Waals surface area contributed by atoms with Gasteiger partial charge in [-0.1, -0.05) is 0 Å². The van der Waals surface area contributed by atoms with Crippen LogP contribution in [-0.2, 0) is 9.53 Å². The topological polar surface area (TPSA) is 26.3 Å². The highest BCUT2D eigenvalue weighted by molar-refractivity contribution is 5.66. The van der Waals surface area contributed by atoms with Crippen LogP contribution in [0.3, 0.4) is 0 Å². The van der Waals surface area contributed by atoms with E-state index in [4.69, 9.17) is 4.74 Å². The Morgan fingerprint density at radius 3 is 1.84 bits per heavy atom. The number of esters is 1. The van der Waals surface area contributed by atoms with Crippen molar-refractivity contribution in [2.45, 2.75) is 76.7 Å². The molecule has 0 amide bonds. The summed E-state index contributed by atoms with van der Waals surface area (Å²) < 4.78 is 6.04. The molecule has 0 unspecified atom stereocenters. The maximum atomic E-state index is 11.7. The van der Waals surface area contributed by atoms with Gasteiger partial charge in [-0.15, -0.1) is 0 Å². The number of hydrogen-bond acceptors (Lipinski definition) is 2. The molecule has 0 aliphatic heterocycles. The van der Waals surface area contributed by atoms with Gasteiger partial charge in [0.15, 0.2) is 0 Å². The first-order valence-corrected chi connectivity index (χ1v) is 8.30. The molecule has 0 atom stereocenters. The van der Waals surface area contributed by atoms with Gasteiger partial charge in [0, 0.05) is 12.3 Å². The van der Waals surface area contributed by atoms with Gasteiger partial charge in [-0.2, -0.15) is 0 Å². The Kier molecular flexibility index (Phi) is 2.57. The van der Waals surface area contributed by atoms with E-state index in [1.807, 2.05) is 0 Å². The molecule has 0 aromatic heterocycles. The average molecular weight is 262 g/mol. The fourth-order valence-electron chi connectivity index (χ4n) is 6.63. The van der Waals surface area contributed by atoms with Crippen LogP contribution in [0.1, 0.15) is 71.1 Å². The number of rotatable bonds is 2. The van der Waals surface area contributed by atoms with E-state index in [0.717, 1.165) is 30.6 Å². The summed E-state index contributed by atoms with van der Waals surface area (Å²) in [5.41, 5.74) is 0.290. The molecule has 0 saturated heterocycles. The molecule has 4 bridgehead atoms. The largest absolute Gasteiger partial charge is 0.459 e. The van der Waals surface area contributed by atoms with Crippen molar-refractivity contribution in [2.24, 2.45) is 23.2 Å². The molecule has 19 heavy (non-hydrogen) atoms. The van der Waals surface area contributed by atoms with E-state index in [1.54, 1.807) is 6.92 Å². The summed E-state index contributed by atoms with van der Waals surface area (Å²) in [5.74, 6) is 2.79. The Morgan fingerprint density at radius 2 is 1.42 bits per heavy atom. The van der Waals surface area contributed by atoms with E-state index in [0.29, 0.717) is 5.41 Å². The lowest BCUT2D eigenvalue weighted by Gasteiger charge is -2.62. The molecule has 0 aromatic rings. The molecule has 5 fully saturated rings. The van der Waals surface area contributed by atoms with Gasteiger partial charge in [0.25, 0.3) is 0 Å². The van der Waals surface area contributed by atoms with Crippen molar-refractivity contribution in [1.29, 1.82) is 0 Å². The van der Waals surface area contributed by atoms with Crippen molar-refractivity contribution < 1.29 is 9.53 Å². The third-order valence-corrected chi connectivity index (χ3v) is 6.76. The van der Waals surface area contributed by atoms with Crippen LogP contribution in [-0.4, -0.2) is 11.6 Å². The van der Waals surface area contributed by atoms with Crippen LogP contribution in [0.15, 0.2) is 0 Å². The second-order valence-electron chi connectivity index (χ2n) is 7.99. The van der Waals surface area contributed by atoms with Crippen molar-refractivity contribution in [3.63, 3.8) is 0 Å². The van der Waals surface area contributed by atoms with Crippen molar-refractivity contribution in [3.8, 4) is 0 Å². The first-order valence-electron chi connectivity index (χ1n) is 8.30. The van der Waals surface area contributed by atoms with Crippen LogP contribution in [0.4, 0.5) is 0 Å². The normalized spacial score (nSPS) is 46.5. The molecule has 2 nitrogen and oxygen atoms in total. The van der Waals surface area contributed by atoms with Crippen LogP contribution in [0, 0.1) is 23.2 Å². The number of carbonyl (C=O) groups is 1. The molecule has 0 radical (unpaired) electrons. The van der Waals surface area contributed by atoms with Crippen LogP contribution in [0.2, 0.25) is 0 Å². The molecule has 5 aliphatic rings. The number of hydrogen-bond donors (Lipinski definition) is 0. The molecule has 0 aromatic carbocycles. The van der Waals surface area contributed by atoms with E-state index >= 15 is 0 Å². The lowest BCUT2D eigenvalue weighted by Crippen LogP contribution is -2.58. The highest BCUT2D eigenvalue weighted by Gasteiger charge is 2.62. The smallest absolute Gasteiger partial charge is 0.303 e. The van der Waals surface area contributed by atoms with Crippen LogP contribution in [0.25, 0.3) is 0 Å². The zero-order valence-corrected chi connectivity index (χ0v) is 12.1. The van der Waals surface area contributed by atoms with Crippen molar-refractivity contribution in [2.75, 3.05) is 0 Å². The molecule has 5 aliphatic carbocycles. The average Bonchev–Trinajstić information content (AvgIpc) is 2.76. The molecular formula is C17H26O2. The fourth-order valence-corrected chi connectivity index (χ4v) is 6.63. The van der Waals surface area contributed by atoms with Crippen molar-refractivity contribution in [3.05, 3.63) is 0 Å². The minimum atomic E-state index is -0.0746. The summed E-state index contributed by atoms with van der Waals surface area (Å²) in [6.07, 6.45) is 13.3. The predicted molar refractivity (Wildman–Crippen MR) is 73.6 cm³/mol. The Hall–Kier alpha value is -0.530. The SMILES string of the molecule is CC(=O)OC1(C23CC4CC(CC(C4)C2)C3)CCCC1. The summed E-state index contributed by atoms with van der Waals surface area (Å²) in [6.45, 7) is 1.61. The van der Waals surface area contributed by atoms with E-state index in [9.17, 15) is 4.79 Å². The second kappa shape index (κ2) is 3.99. The minimum absolute atomic E-state index is 0.0438. The van der Waals surface area contributed by atoms with Gasteiger partial charge >= 0.3 is 5.97 Å².